The van der Waals surface area contributed by atoms with Gasteiger partial charge in [-0.25, -0.2) is 0 Å². The van der Waals surface area contributed by atoms with Crippen LogP contribution in [0.5, 0.6) is 0 Å². The molecule has 2 aromatic heterocycles. The third-order valence-corrected chi connectivity index (χ3v) is 5.18. The van der Waals surface area contributed by atoms with E-state index in [9.17, 15) is 4.79 Å². The SMILES string of the molecule is O=CNc1ccc(Cl)cc1/C=C/c1ccc(-c2cnn(CCN3CCOCC3)c2)o1. The van der Waals surface area contributed by atoms with Crippen LogP contribution in [0.15, 0.2) is 47.1 Å². The van der Waals surface area contributed by atoms with E-state index in [1.807, 2.05) is 41.4 Å². The van der Waals surface area contributed by atoms with Crippen LogP contribution >= 0.6 is 11.6 Å². The topological polar surface area (TPSA) is 72.5 Å². The number of aromatic nitrogens is 2. The van der Waals surface area contributed by atoms with Crippen LogP contribution < -0.4 is 5.32 Å². The highest BCUT2D eigenvalue weighted by atomic mass is 35.5. The third kappa shape index (κ3) is 5.18. The molecule has 1 aliphatic heterocycles. The largest absolute Gasteiger partial charge is 0.457 e. The molecule has 1 saturated heterocycles. The first-order valence-electron chi connectivity index (χ1n) is 9.82. The van der Waals surface area contributed by atoms with E-state index in [1.165, 1.54) is 0 Å². The molecule has 0 aliphatic carbocycles. The van der Waals surface area contributed by atoms with Gasteiger partial charge in [0.1, 0.15) is 11.5 Å². The number of carbonyl (C=O) groups is 1. The molecule has 1 aromatic carbocycles. The van der Waals surface area contributed by atoms with Crippen molar-refractivity contribution >= 4 is 35.9 Å². The van der Waals surface area contributed by atoms with Crippen molar-refractivity contribution in [2.24, 2.45) is 0 Å². The highest BCUT2D eigenvalue weighted by Crippen LogP contribution is 2.25. The summed E-state index contributed by atoms with van der Waals surface area (Å²) in [4.78, 5) is 13.2. The molecule has 0 radical (unpaired) electrons. The van der Waals surface area contributed by atoms with Crippen molar-refractivity contribution in [1.29, 1.82) is 0 Å². The zero-order valence-electron chi connectivity index (χ0n) is 16.5. The number of rotatable bonds is 8. The van der Waals surface area contributed by atoms with E-state index in [0.29, 0.717) is 22.9 Å². The molecular formula is C22H23ClN4O3. The van der Waals surface area contributed by atoms with E-state index in [0.717, 1.165) is 56.3 Å². The Morgan fingerprint density at radius 3 is 2.83 bits per heavy atom. The van der Waals surface area contributed by atoms with Crippen LogP contribution in [0, 0.1) is 0 Å². The summed E-state index contributed by atoms with van der Waals surface area (Å²) in [5, 5.41) is 7.71. The van der Waals surface area contributed by atoms with Crippen molar-refractivity contribution < 1.29 is 13.9 Å². The molecule has 0 unspecified atom stereocenters. The summed E-state index contributed by atoms with van der Waals surface area (Å²) >= 11 is 6.07. The Morgan fingerprint density at radius 2 is 2.00 bits per heavy atom. The maximum Gasteiger partial charge on any atom is 0.211 e. The molecule has 156 valence electrons. The number of furan rings is 1. The quantitative estimate of drug-likeness (QED) is 0.553. The summed E-state index contributed by atoms with van der Waals surface area (Å²) in [7, 11) is 0. The van der Waals surface area contributed by atoms with Gasteiger partial charge in [0.15, 0.2) is 0 Å². The Bertz CT molecular complexity index is 1020. The van der Waals surface area contributed by atoms with Crippen molar-refractivity contribution in [3.8, 4) is 11.3 Å². The zero-order valence-corrected chi connectivity index (χ0v) is 17.2. The first-order valence-corrected chi connectivity index (χ1v) is 10.2. The van der Waals surface area contributed by atoms with Gasteiger partial charge in [0, 0.05) is 36.5 Å². The van der Waals surface area contributed by atoms with Crippen molar-refractivity contribution in [3.63, 3.8) is 0 Å². The van der Waals surface area contributed by atoms with Gasteiger partial charge >= 0.3 is 0 Å². The van der Waals surface area contributed by atoms with Gasteiger partial charge in [-0.05, 0) is 48.0 Å². The minimum atomic E-state index is 0.593. The molecule has 7 nitrogen and oxygen atoms in total. The number of nitrogens with zero attached hydrogens (tertiary/aromatic N) is 3. The highest BCUT2D eigenvalue weighted by Gasteiger charge is 2.11. The van der Waals surface area contributed by atoms with Crippen LogP contribution in [0.3, 0.4) is 0 Å². The van der Waals surface area contributed by atoms with Crippen LogP contribution in [0.4, 0.5) is 5.69 Å². The van der Waals surface area contributed by atoms with E-state index in [1.54, 1.807) is 18.2 Å². The molecule has 1 N–H and O–H groups in total. The molecule has 0 bridgehead atoms. The lowest BCUT2D eigenvalue weighted by Gasteiger charge is -2.26. The summed E-state index contributed by atoms with van der Waals surface area (Å²) in [6.07, 6.45) is 8.15. The van der Waals surface area contributed by atoms with Gasteiger partial charge in [0.05, 0.1) is 31.5 Å². The van der Waals surface area contributed by atoms with Gasteiger partial charge in [-0.1, -0.05) is 11.6 Å². The van der Waals surface area contributed by atoms with Gasteiger partial charge in [0.25, 0.3) is 0 Å². The standard InChI is InChI=1S/C22H23ClN4O3/c23-19-2-5-21(24-16-28)17(13-19)1-3-20-4-6-22(30-20)18-14-25-27(15-18)8-7-26-9-11-29-12-10-26/h1-6,13-16H,7-12H2,(H,24,28)/b3-1+. The van der Waals surface area contributed by atoms with Gasteiger partial charge in [-0.2, -0.15) is 5.10 Å². The molecule has 3 heterocycles. The Kier molecular flexibility index (Phi) is 6.63. The summed E-state index contributed by atoms with van der Waals surface area (Å²) in [5.74, 6) is 1.45. The van der Waals surface area contributed by atoms with Crippen molar-refractivity contribution in [2.45, 2.75) is 6.54 Å². The average Bonchev–Trinajstić information content (AvgIpc) is 3.43. The molecule has 0 spiro atoms. The lowest BCUT2D eigenvalue weighted by Crippen LogP contribution is -2.38. The predicted molar refractivity (Wildman–Crippen MR) is 117 cm³/mol. The minimum absolute atomic E-state index is 0.593. The Morgan fingerprint density at radius 1 is 1.13 bits per heavy atom. The molecule has 30 heavy (non-hydrogen) atoms. The number of hydrogen-bond donors (Lipinski definition) is 1. The fraction of sp³-hybridized carbons (Fsp3) is 0.273. The lowest BCUT2D eigenvalue weighted by atomic mass is 10.1. The summed E-state index contributed by atoms with van der Waals surface area (Å²) in [6, 6.07) is 9.09. The molecule has 1 amide bonds. The number of carbonyl (C=O) groups excluding carboxylic acids is 1. The van der Waals surface area contributed by atoms with E-state index in [4.69, 9.17) is 20.8 Å². The first kappa shape index (κ1) is 20.4. The second kappa shape index (κ2) is 9.75. The number of morpholine rings is 1. The van der Waals surface area contributed by atoms with Crippen molar-refractivity contribution in [2.75, 3.05) is 38.2 Å². The second-order valence-electron chi connectivity index (χ2n) is 6.98. The lowest BCUT2D eigenvalue weighted by molar-refractivity contribution is -0.105. The van der Waals surface area contributed by atoms with Gasteiger partial charge in [-0.15, -0.1) is 0 Å². The minimum Gasteiger partial charge on any atom is -0.457 e. The fourth-order valence-electron chi connectivity index (χ4n) is 3.32. The van der Waals surface area contributed by atoms with Gasteiger partial charge in [-0.3, -0.25) is 14.4 Å². The van der Waals surface area contributed by atoms with Crippen LogP contribution in [0.1, 0.15) is 11.3 Å². The molecule has 1 aliphatic rings. The third-order valence-electron chi connectivity index (χ3n) is 4.95. The van der Waals surface area contributed by atoms with Crippen LogP contribution in [0.25, 0.3) is 23.5 Å². The number of benzene rings is 1. The van der Waals surface area contributed by atoms with Crippen molar-refractivity contribution in [3.05, 3.63) is 59.1 Å². The molecular weight excluding hydrogens is 404 g/mol. The van der Waals surface area contributed by atoms with E-state index in [-0.39, 0.29) is 0 Å². The molecule has 8 heteroatoms. The number of amides is 1. The number of hydrogen-bond acceptors (Lipinski definition) is 5. The molecule has 1 fully saturated rings. The molecule has 4 rings (SSSR count). The Labute approximate surface area is 179 Å². The van der Waals surface area contributed by atoms with E-state index < -0.39 is 0 Å². The van der Waals surface area contributed by atoms with Gasteiger partial charge in [0.2, 0.25) is 6.41 Å². The number of ether oxygens (including phenoxy) is 1. The first-order chi connectivity index (χ1) is 14.7. The normalized spacial score (nSPS) is 15.0. The maximum absolute atomic E-state index is 10.8. The Hall–Kier alpha value is -2.87. The molecule has 0 atom stereocenters. The van der Waals surface area contributed by atoms with Crippen molar-refractivity contribution in [1.82, 2.24) is 14.7 Å². The van der Waals surface area contributed by atoms with E-state index >= 15 is 0 Å². The van der Waals surface area contributed by atoms with Crippen LogP contribution in [-0.2, 0) is 16.1 Å². The zero-order chi connectivity index (χ0) is 20.8. The highest BCUT2D eigenvalue weighted by molar-refractivity contribution is 6.30. The smallest absolute Gasteiger partial charge is 0.211 e. The van der Waals surface area contributed by atoms with Gasteiger partial charge < -0.3 is 14.5 Å². The summed E-state index contributed by atoms with van der Waals surface area (Å²) in [5.41, 5.74) is 2.41. The number of nitrogens with one attached hydrogen (secondary N) is 1. The Balaban J connectivity index is 1.41. The second-order valence-corrected chi connectivity index (χ2v) is 7.41. The van der Waals surface area contributed by atoms with E-state index in [2.05, 4.69) is 15.3 Å². The number of halogens is 1. The summed E-state index contributed by atoms with van der Waals surface area (Å²) in [6.45, 7) is 5.32. The fourth-order valence-corrected chi connectivity index (χ4v) is 3.50. The predicted octanol–water partition coefficient (Wildman–Crippen LogP) is 3.87. The maximum atomic E-state index is 10.8. The summed E-state index contributed by atoms with van der Waals surface area (Å²) < 4.78 is 13.3. The van der Waals surface area contributed by atoms with Crippen LogP contribution in [0.2, 0.25) is 5.02 Å². The molecule has 3 aromatic rings. The average molecular weight is 427 g/mol. The molecule has 0 saturated carbocycles. The number of anilines is 1. The van der Waals surface area contributed by atoms with Crippen LogP contribution in [-0.4, -0.2) is 53.9 Å². The monoisotopic (exact) mass is 426 g/mol.